The molecule has 6 heteroatoms. The van der Waals surface area contributed by atoms with Crippen LogP contribution in [0.1, 0.15) is 37.4 Å². The molecule has 0 spiro atoms. The van der Waals surface area contributed by atoms with E-state index in [1.165, 1.54) is 5.56 Å². The molecule has 0 amide bonds. The lowest BCUT2D eigenvalue weighted by Gasteiger charge is -2.11. The SMILES string of the molecule is CCCc1nc(NN)cc(NCc2ncccc2CC)n1. The van der Waals surface area contributed by atoms with Crippen molar-refractivity contribution in [1.29, 1.82) is 0 Å². The number of pyridine rings is 1. The van der Waals surface area contributed by atoms with Gasteiger partial charge >= 0.3 is 0 Å². The van der Waals surface area contributed by atoms with Crippen molar-refractivity contribution >= 4 is 11.6 Å². The summed E-state index contributed by atoms with van der Waals surface area (Å²) in [6, 6.07) is 5.86. The molecule has 0 atom stereocenters. The highest BCUT2D eigenvalue weighted by atomic mass is 15.3. The maximum Gasteiger partial charge on any atom is 0.145 e. The van der Waals surface area contributed by atoms with Gasteiger partial charge in [-0.1, -0.05) is 19.9 Å². The highest BCUT2D eigenvalue weighted by Gasteiger charge is 2.05. The van der Waals surface area contributed by atoms with Crippen LogP contribution >= 0.6 is 0 Å². The maximum absolute atomic E-state index is 5.46. The van der Waals surface area contributed by atoms with Gasteiger partial charge in [-0.05, 0) is 24.5 Å². The van der Waals surface area contributed by atoms with Crippen LogP contribution in [0.15, 0.2) is 24.4 Å². The highest BCUT2D eigenvalue weighted by molar-refractivity contribution is 5.47. The summed E-state index contributed by atoms with van der Waals surface area (Å²) in [6.07, 6.45) is 4.60. The van der Waals surface area contributed by atoms with Gasteiger partial charge in [-0.2, -0.15) is 0 Å². The van der Waals surface area contributed by atoms with Crippen molar-refractivity contribution < 1.29 is 0 Å². The summed E-state index contributed by atoms with van der Waals surface area (Å²) in [7, 11) is 0. The van der Waals surface area contributed by atoms with Crippen molar-refractivity contribution in [3.8, 4) is 0 Å². The topological polar surface area (TPSA) is 88.8 Å². The summed E-state index contributed by atoms with van der Waals surface area (Å²) in [5, 5.41) is 3.30. The van der Waals surface area contributed by atoms with Crippen LogP contribution < -0.4 is 16.6 Å². The number of nitrogens with two attached hydrogens (primary N) is 1. The number of nitrogens with zero attached hydrogens (tertiary/aromatic N) is 3. The van der Waals surface area contributed by atoms with Crippen LogP contribution in [-0.4, -0.2) is 15.0 Å². The summed E-state index contributed by atoms with van der Waals surface area (Å²) in [6.45, 7) is 4.86. The molecule has 0 aliphatic heterocycles. The molecule has 0 aliphatic rings. The van der Waals surface area contributed by atoms with Crippen LogP contribution in [0.2, 0.25) is 0 Å². The van der Waals surface area contributed by atoms with E-state index < -0.39 is 0 Å². The van der Waals surface area contributed by atoms with Crippen molar-refractivity contribution in [3.05, 3.63) is 41.5 Å². The number of aryl methyl sites for hydroxylation is 2. The molecule has 2 aromatic heterocycles. The van der Waals surface area contributed by atoms with Gasteiger partial charge in [0, 0.05) is 18.7 Å². The largest absolute Gasteiger partial charge is 0.364 e. The lowest BCUT2D eigenvalue weighted by atomic mass is 10.1. The van der Waals surface area contributed by atoms with E-state index >= 15 is 0 Å². The Hall–Kier alpha value is -2.21. The third-order valence-corrected chi connectivity index (χ3v) is 3.20. The van der Waals surface area contributed by atoms with E-state index in [-0.39, 0.29) is 0 Å². The standard InChI is InChI=1S/C15H22N6/c1-3-6-13-19-14(9-15(20-13)21-16)18-10-12-11(4-2)7-5-8-17-12/h5,7-9H,3-4,6,10,16H2,1-2H3,(H2,18,19,20,21). The van der Waals surface area contributed by atoms with Gasteiger partial charge in [-0.15, -0.1) is 0 Å². The number of hydrazine groups is 1. The number of hydrogen-bond donors (Lipinski definition) is 3. The van der Waals surface area contributed by atoms with E-state index in [4.69, 9.17) is 5.84 Å². The number of anilines is 2. The van der Waals surface area contributed by atoms with E-state index in [1.807, 2.05) is 12.3 Å². The average molecular weight is 286 g/mol. The van der Waals surface area contributed by atoms with Crippen molar-refractivity contribution in [2.45, 2.75) is 39.7 Å². The smallest absolute Gasteiger partial charge is 0.145 e. The summed E-state index contributed by atoms with van der Waals surface area (Å²) >= 11 is 0. The molecule has 4 N–H and O–H groups in total. The van der Waals surface area contributed by atoms with Gasteiger partial charge < -0.3 is 10.7 Å². The van der Waals surface area contributed by atoms with Crippen LogP contribution in [0.3, 0.4) is 0 Å². The van der Waals surface area contributed by atoms with E-state index in [1.54, 1.807) is 6.07 Å². The van der Waals surface area contributed by atoms with Crippen molar-refractivity contribution in [2.24, 2.45) is 5.84 Å². The Kier molecular flexibility index (Phi) is 5.45. The van der Waals surface area contributed by atoms with Gasteiger partial charge in [0.15, 0.2) is 0 Å². The number of rotatable bonds is 7. The van der Waals surface area contributed by atoms with Crippen LogP contribution in [0, 0.1) is 0 Å². The molecule has 2 heterocycles. The summed E-state index contributed by atoms with van der Waals surface area (Å²) in [5.74, 6) is 7.62. The van der Waals surface area contributed by atoms with Gasteiger partial charge in [0.2, 0.25) is 0 Å². The Morgan fingerprint density at radius 3 is 2.71 bits per heavy atom. The number of hydrogen-bond acceptors (Lipinski definition) is 6. The molecule has 0 saturated carbocycles. The second-order valence-electron chi connectivity index (χ2n) is 4.77. The molecule has 0 aliphatic carbocycles. The fourth-order valence-electron chi connectivity index (χ4n) is 2.12. The minimum atomic E-state index is 0.618. The van der Waals surface area contributed by atoms with Gasteiger partial charge in [0.1, 0.15) is 17.5 Å². The third-order valence-electron chi connectivity index (χ3n) is 3.20. The Labute approximate surface area is 125 Å². The van der Waals surface area contributed by atoms with Gasteiger partial charge in [-0.3, -0.25) is 4.98 Å². The molecule has 6 nitrogen and oxygen atoms in total. The van der Waals surface area contributed by atoms with E-state index in [0.29, 0.717) is 12.4 Å². The summed E-state index contributed by atoms with van der Waals surface area (Å²) in [5.41, 5.74) is 4.86. The third kappa shape index (κ3) is 4.13. The first-order valence-corrected chi connectivity index (χ1v) is 7.28. The first-order valence-electron chi connectivity index (χ1n) is 7.28. The second kappa shape index (κ2) is 7.54. The van der Waals surface area contributed by atoms with Crippen LogP contribution in [0.25, 0.3) is 0 Å². The van der Waals surface area contributed by atoms with Crippen molar-refractivity contribution in [1.82, 2.24) is 15.0 Å². The maximum atomic E-state index is 5.46. The summed E-state index contributed by atoms with van der Waals surface area (Å²) in [4.78, 5) is 13.2. The molecular formula is C15H22N6. The van der Waals surface area contributed by atoms with Gasteiger partial charge in [-0.25, -0.2) is 15.8 Å². The zero-order valence-electron chi connectivity index (χ0n) is 12.6. The van der Waals surface area contributed by atoms with Crippen molar-refractivity contribution in [2.75, 3.05) is 10.7 Å². The van der Waals surface area contributed by atoms with Gasteiger partial charge in [0.25, 0.3) is 0 Å². The molecule has 0 saturated heterocycles. The minimum absolute atomic E-state index is 0.618. The molecule has 0 aromatic carbocycles. The Bertz CT molecular complexity index is 584. The molecule has 2 rings (SSSR count). The average Bonchev–Trinajstić information content (AvgIpc) is 2.53. The monoisotopic (exact) mass is 286 g/mol. The summed E-state index contributed by atoms with van der Waals surface area (Å²) < 4.78 is 0. The van der Waals surface area contributed by atoms with Crippen LogP contribution in [0.4, 0.5) is 11.6 Å². The van der Waals surface area contributed by atoms with Gasteiger partial charge in [0.05, 0.1) is 12.2 Å². The first kappa shape index (κ1) is 15.2. The van der Waals surface area contributed by atoms with E-state index in [2.05, 4.69) is 45.6 Å². The first-order chi connectivity index (χ1) is 10.3. The minimum Gasteiger partial charge on any atom is -0.364 e. The fraction of sp³-hybridized carbons (Fsp3) is 0.400. The lowest BCUT2D eigenvalue weighted by Crippen LogP contribution is -2.13. The molecular weight excluding hydrogens is 264 g/mol. The Morgan fingerprint density at radius 2 is 2.00 bits per heavy atom. The Morgan fingerprint density at radius 1 is 1.19 bits per heavy atom. The quantitative estimate of drug-likeness (QED) is 0.534. The molecule has 0 fully saturated rings. The zero-order chi connectivity index (χ0) is 15.1. The number of aromatic nitrogens is 3. The van der Waals surface area contributed by atoms with E-state index in [9.17, 15) is 0 Å². The molecule has 21 heavy (non-hydrogen) atoms. The fourth-order valence-corrected chi connectivity index (χ4v) is 2.12. The molecule has 0 unspecified atom stereocenters. The van der Waals surface area contributed by atoms with E-state index in [0.717, 1.165) is 36.6 Å². The molecule has 0 bridgehead atoms. The zero-order valence-corrected chi connectivity index (χ0v) is 12.6. The second-order valence-corrected chi connectivity index (χ2v) is 4.77. The molecule has 0 radical (unpaired) electrons. The van der Waals surface area contributed by atoms with Crippen molar-refractivity contribution in [3.63, 3.8) is 0 Å². The molecule has 112 valence electrons. The predicted molar refractivity (Wildman–Crippen MR) is 84.8 cm³/mol. The Balaban J connectivity index is 2.13. The van der Waals surface area contributed by atoms with Crippen LogP contribution in [-0.2, 0) is 19.4 Å². The highest BCUT2D eigenvalue weighted by Crippen LogP contribution is 2.14. The normalized spacial score (nSPS) is 10.4. The molecule has 2 aromatic rings. The number of nitrogens with one attached hydrogen (secondary N) is 2. The number of nitrogen functional groups attached to an aromatic ring is 1. The lowest BCUT2D eigenvalue weighted by molar-refractivity contribution is 0.833. The van der Waals surface area contributed by atoms with Crippen LogP contribution in [0.5, 0.6) is 0 Å². The predicted octanol–water partition coefficient (Wildman–Crippen LogP) is 2.28.